The molecule has 2 aromatic rings. The second-order valence-corrected chi connectivity index (χ2v) is 4.00. The van der Waals surface area contributed by atoms with E-state index in [1.165, 1.54) is 0 Å². The molecule has 0 aliphatic rings. The van der Waals surface area contributed by atoms with Gasteiger partial charge in [-0.2, -0.15) is 0 Å². The van der Waals surface area contributed by atoms with E-state index >= 15 is 0 Å². The van der Waals surface area contributed by atoms with E-state index in [0.29, 0.717) is 23.5 Å². The number of aryl methyl sites for hydroxylation is 1. The summed E-state index contributed by atoms with van der Waals surface area (Å²) in [6, 6.07) is 6.00. The standard InChI is InChI=1S/C11H13ClN4O/c1-7-4-3-5-8(12)10(7)14-11-16-15-9(17-11)6-13-2/h3-5,13H,6H2,1-2H3,(H,14,16). The molecule has 6 heteroatoms. The molecule has 17 heavy (non-hydrogen) atoms. The van der Waals surface area contributed by atoms with Gasteiger partial charge in [-0.3, -0.25) is 0 Å². The van der Waals surface area contributed by atoms with Gasteiger partial charge >= 0.3 is 6.01 Å². The van der Waals surface area contributed by atoms with Crippen molar-refractivity contribution in [1.29, 1.82) is 0 Å². The third-order valence-electron chi connectivity index (χ3n) is 2.25. The molecule has 0 atom stereocenters. The first-order valence-electron chi connectivity index (χ1n) is 5.20. The summed E-state index contributed by atoms with van der Waals surface area (Å²) in [6.45, 7) is 2.50. The molecule has 5 nitrogen and oxygen atoms in total. The van der Waals surface area contributed by atoms with Crippen molar-refractivity contribution in [3.8, 4) is 0 Å². The zero-order valence-electron chi connectivity index (χ0n) is 9.62. The molecule has 90 valence electrons. The summed E-state index contributed by atoms with van der Waals surface area (Å²) in [4.78, 5) is 0. The minimum atomic E-state index is 0.339. The van der Waals surface area contributed by atoms with Crippen molar-refractivity contribution < 1.29 is 4.42 Å². The van der Waals surface area contributed by atoms with Gasteiger partial charge in [0.15, 0.2) is 0 Å². The van der Waals surface area contributed by atoms with Crippen molar-refractivity contribution in [2.75, 3.05) is 12.4 Å². The van der Waals surface area contributed by atoms with Crippen LogP contribution in [-0.2, 0) is 6.54 Å². The number of benzene rings is 1. The molecule has 0 spiro atoms. The first-order chi connectivity index (χ1) is 8.20. The van der Waals surface area contributed by atoms with Gasteiger partial charge in [-0.15, -0.1) is 5.10 Å². The van der Waals surface area contributed by atoms with Crippen molar-refractivity contribution in [1.82, 2.24) is 15.5 Å². The summed E-state index contributed by atoms with van der Waals surface area (Å²) in [5.74, 6) is 0.528. The Kier molecular flexibility index (Phi) is 3.61. The highest BCUT2D eigenvalue weighted by Gasteiger charge is 2.09. The monoisotopic (exact) mass is 252 g/mol. The van der Waals surface area contributed by atoms with Crippen LogP contribution in [0, 0.1) is 6.92 Å². The van der Waals surface area contributed by atoms with E-state index in [9.17, 15) is 0 Å². The number of nitrogens with one attached hydrogen (secondary N) is 2. The molecular formula is C11H13ClN4O. The van der Waals surface area contributed by atoms with Crippen LogP contribution in [0.15, 0.2) is 22.6 Å². The molecular weight excluding hydrogens is 240 g/mol. The van der Waals surface area contributed by atoms with Crippen molar-refractivity contribution in [3.05, 3.63) is 34.7 Å². The number of hydrogen-bond donors (Lipinski definition) is 2. The fourth-order valence-corrected chi connectivity index (χ4v) is 1.69. The van der Waals surface area contributed by atoms with Crippen LogP contribution in [0.5, 0.6) is 0 Å². The SMILES string of the molecule is CNCc1nnc(Nc2c(C)cccc2Cl)o1. The zero-order chi connectivity index (χ0) is 12.3. The summed E-state index contributed by atoms with van der Waals surface area (Å²) in [5, 5.41) is 14.3. The van der Waals surface area contributed by atoms with E-state index in [-0.39, 0.29) is 0 Å². The Morgan fingerprint density at radius 1 is 1.35 bits per heavy atom. The number of nitrogens with zero attached hydrogens (tertiary/aromatic N) is 2. The van der Waals surface area contributed by atoms with Gasteiger partial charge < -0.3 is 15.1 Å². The van der Waals surface area contributed by atoms with Gasteiger partial charge in [-0.1, -0.05) is 28.8 Å². The summed E-state index contributed by atoms with van der Waals surface area (Å²) in [6.07, 6.45) is 0. The topological polar surface area (TPSA) is 63.0 Å². The lowest BCUT2D eigenvalue weighted by Crippen LogP contribution is -2.04. The van der Waals surface area contributed by atoms with Crippen molar-refractivity contribution in [2.45, 2.75) is 13.5 Å². The Bertz CT molecular complexity index is 492. The van der Waals surface area contributed by atoms with Crippen LogP contribution in [0.4, 0.5) is 11.7 Å². The smallest absolute Gasteiger partial charge is 0.320 e. The van der Waals surface area contributed by atoms with Gasteiger partial charge in [0.2, 0.25) is 5.89 Å². The Labute approximate surface area is 104 Å². The van der Waals surface area contributed by atoms with Crippen molar-refractivity contribution >= 4 is 23.3 Å². The lowest BCUT2D eigenvalue weighted by Gasteiger charge is -2.07. The molecule has 1 aromatic carbocycles. The Morgan fingerprint density at radius 3 is 2.88 bits per heavy atom. The van der Waals surface area contributed by atoms with Gasteiger partial charge in [-0.25, -0.2) is 0 Å². The number of anilines is 2. The maximum absolute atomic E-state index is 6.08. The number of aromatic nitrogens is 2. The second kappa shape index (κ2) is 5.16. The summed E-state index contributed by atoms with van der Waals surface area (Å²) < 4.78 is 5.38. The van der Waals surface area contributed by atoms with Crippen molar-refractivity contribution in [2.24, 2.45) is 0 Å². The summed E-state index contributed by atoms with van der Waals surface area (Å²) >= 11 is 6.08. The van der Waals surface area contributed by atoms with Crippen LogP contribution in [0.3, 0.4) is 0 Å². The van der Waals surface area contributed by atoms with Crippen molar-refractivity contribution in [3.63, 3.8) is 0 Å². The summed E-state index contributed by atoms with van der Waals surface area (Å²) in [5.41, 5.74) is 1.81. The lowest BCUT2D eigenvalue weighted by atomic mass is 10.2. The molecule has 2 N–H and O–H groups in total. The number of halogens is 1. The van der Waals surface area contributed by atoms with Gasteiger partial charge in [0.05, 0.1) is 17.3 Å². The molecule has 0 unspecified atom stereocenters. The molecule has 0 fully saturated rings. The van der Waals surface area contributed by atoms with Crippen LogP contribution < -0.4 is 10.6 Å². The maximum atomic E-state index is 6.08. The molecule has 0 bridgehead atoms. The van der Waals surface area contributed by atoms with E-state index < -0.39 is 0 Å². The molecule has 0 aliphatic heterocycles. The average molecular weight is 253 g/mol. The zero-order valence-corrected chi connectivity index (χ0v) is 10.4. The van der Waals surface area contributed by atoms with Gasteiger partial charge in [-0.05, 0) is 25.6 Å². The third-order valence-corrected chi connectivity index (χ3v) is 2.56. The molecule has 2 rings (SSSR count). The second-order valence-electron chi connectivity index (χ2n) is 3.59. The molecule has 0 saturated heterocycles. The molecule has 1 aromatic heterocycles. The highest BCUT2D eigenvalue weighted by atomic mass is 35.5. The normalized spacial score (nSPS) is 10.5. The maximum Gasteiger partial charge on any atom is 0.320 e. The Balaban J connectivity index is 2.19. The quantitative estimate of drug-likeness (QED) is 0.875. The van der Waals surface area contributed by atoms with E-state index in [1.807, 2.05) is 32.2 Å². The van der Waals surface area contributed by atoms with E-state index in [0.717, 1.165) is 11.3 Å². The van der Waals surface area contributed by atoms with E-state index in [1.54, 1.807) is 0 Å². The molecule has 0 aliphatic carbocycles. The molecule has 1 heterocycles. The number of para-hydroxylation sites is 1. The van der Waals surface area contributed by atoms with Crippen LogP contribution in [0.2, 0.25) is 5.02 Å². The highest BCUT2D eigenvalue weighted by molar-refractivity contribution is 6.33. The van der Waals surface area contributed by atoms with Gasteiger partial charge in [0.1, 0.15) is 0 Å². The number of rotatable bonds is 4. The molecule has 0 saturated carbocycles. The fourth-order valence-electron chi connectivity index (χ4n) is 1.42. The van der Waals surface area contributed by atoms with E-state index in [2.05, 4.69) is 20.8 Å². The lowest BCUT2D eigenvalue weighted by molar-refractivity contribution is 0.493. The van der Waals surface area contributed by atoms with E-state index in [4.69, 9.17) is 16.0 Å². The highest BCUT2D eigenvalue weighted by Crippen LogP contribution is 2.27. The number of hydrogen-bond acceptors (Lipinski definition) is 5. The predicted octanol–water partition coefficient (Wildman–Crippen LogP) is 2.49. The first-order valence-corrected chi connectivity index (χ1v) is 5.57. The van der Waals surface area contributed by atoms with Crippen LogP contribution in [-0.4, -0.2) is 17.2 Å². The first kappa shape index (κ1) is 11.9. The average Bonchev–Trinajstić information content (AvgIpc) is 2.72. The molecule has 0 radical (unpaired) electrons. The minimum Gasteiger partial charge on any atom is -0.406 e. The van der Waals surface area contributed by atoms with Crippen LogP contribution in [0.1, 0.15) is 11.5 Å². The predicted molar refractivity (Wildman–Crippen MR) is 66.5 cm³/mol. The summed E-state index contributed by atoms with van der Waals surface area (Å²) in [7, 11) is 1.81. The third kappa shape index (κ3) is 2.75. The van der Waals surface area contributed by atoms with Crippen LogP contribution in [0.25, 0.3) is 0 Å². The van der Waals surface area contributed by atoms with Gasteiger partial charge in [0, 0.05) is 0 Å². The van der Waals surface area contributed by atoms with Gasteiger partial charge in [0.25, 0.3) is 0 Å². The Hall–Kier alpha value is -1.59. The molecule has 0 amide bonds. The van der Waals surface area contributed by atoms with Crippen LogP contribution >= 0.6 is 11.6 Å². The fraction of sp³-hybridized carbons (Fsp3) is 0.273. The Morgan fingerprint density at radius 2 is 2.18 bits per heavy atom. The largest absolute Gasteiger partial charge is 0.406 e. The minimum absolute atomic E-state index is 0.339.